The zero-order chi connectivity index (χ0) is 21.5. The van der Waals surface area contributed by atoms with E-state index in [1.165, 1.54) is 23.3 Å². The first kappa shape index (κ1) is 20.0. The average molecular weight is 456 g/mol. The van der Waals surface area contributed by atoms with Gasteiger partial charge >= 0.3 is 5.97 Å². The number of hydrogen-bond donors (Lipinski definition) is 2. The number of nitrogens with zero attached hydrogens (tertiary/aromatic N) is 1. The van der Waals surface area contributed by atoms with E-state index in [1.807, 2.05) is 11.4 Å². The van der Waals surface area contributed by atoms with Gasteiger partial charge in [-0.1, -0.05) is 12.1 Å². The first-order valence-corrected chi connectivity index (χ1v) is 11.6. The first-order chi connectivity index (χ1) is 15.0. The van der Waals surface area contributed by atoms with Gasteiger partial charge in [0.05, 0.1) is 12.7 Å². The topological polar surface area (TPSA) is 79.9 Å². The van der Waals surface area contributed by atoms with Crippen molar-refractivity contribution in [1.82, 2.24) is 10.2 Å². The molecule has 0 saturated heterocycles. The van der Waals surface area contributed by atoms with E-state index < -0.39 is 12.1 Å². The molecule has 0 spiro atoms. The van der Waals surface area contributed by atoms with Crippen LogP contribution in [0.15, 0.2) is 35.7 Å². The summed E-state index contributed by atoms with van der Waals surface area (Å²) in [6.07, 6.45) is 0.490. The van der Waals surface area contributed by atoms with Crippen LogP contribution in [0.2, 0.25) is 0 Å². The lowest BCUT2D eigenvalue weighted by molar-refractivity contribution is 0.0734. The van der Waals surface area contributed by atoms with Gasteiger partial charge in [0.1, 0.15) is 16.0 Å². The van der Waals surface area contributed by atoms with Crippen LogP contribution in [0.25, 0.3) is 0 Å². The first-order valence-electron chi connectivity index (χ1n) is 9.87. The molecule has 1 atom stereocenters. The van der Waals surface area contributed by atoms with Gasteiger partial charge < -0.3 is 25.0 Å². The third kappa shape index (κ3) is 3.69. The Kier molecular flexibility index (Phi) is 5.17. The number of thiophene rings is 2. The minimum atomic E-state index is -0.427. The summed E-state index contributed by atoms with van der Waals surface area (Å²) >= 11 is 2.97. The van der Waals surface area contributed by atoms with Crippen LogP contribution < -0.4 is 20.1 Å². The number of esters is 1. The summed E-state index contributed by atoms with van der Waals surface area (Å²) < 4.78 is 11.0. The lowest BCUT2D eigenvalue weighted by Gasteiger charge is -2.27. The molecule has 31 heavy (non-hydrogen) atoms. The van der Waals surface area contributed by atoms with E-state index in [9.17, 15) is 9.59 Å². The zero-order valence-corrected chi connectivity index (χ0v) is 18.7. The molecule has 0 fully saturated rings. The SMILES string of the molecule is COc1cc(C2NC(=O)c3c(sc4c3CCN(C)C4)N2)ccc1OC(=O)c1cccs1. The van der Waals surface area contributed by atoms with Crippen molar-refractivity contribution in [3.8, 4) is 11.5 Å². The van der Waals surface area contributed by atoms with Gasteiger partial charge in [-0.3, -0.25) is 4.79 Å². The molecule has 2 aliphatic rings. The van der Waals surface area contributed by atoms with E-state index in [4.69, 9.17) is 9.47 Å². The summed E-state index contributed by atoms with van der Waals surface area (Å²) in [5.74, 6) is 0.273. The van der Waals surface area contributed by atoms with Crippen molar-refractivity contribution in [2.24, 2.45) is 0 Å². The summed E-state index contributed by atoms with van der Waals surface area (Å²) in [4.78, 5) is 29.2. The third-order valence-electron chi connectivity index (χ3n) is 5.47. The van der Waals surface area contributed by atoms with Gasteiger partial charge in [0.25, 0.3) is 5.91 Å². The number of fused-ring (bicyclic) bond motifs is 3. The van der Waals surface area contributed by atoms with E-state index in [-0.39, 0.29) is 5.91 Å². The molecular formula is C22H21N3O4S2. The lowest BCUT2D eigenvalue weighted by Crippen LogP contribution is -2.38. The lowest BCUT2D eigenvalue weighted by atomic mass is 10.0. The van der Waals surface area contributed by atoms with Crippen LogP contribution in [0.4, 0.5) is 5.00 Å². The number of carbonyl (C=O) groups excluding carboxylic acids is 2. The standard InChI is InChI=1S/C22H21N3O4S2/c1-25-8-7-13-17(11-25)31-21-18(13)20(26)23-19(24-21)12-5-6-14(15(10-12)28-2)29-22(27)16-4-3-9-30-16/h3-6,9-10,19,24H,7-8,11H2,1-2H3,(H,23,26). The second-order valence-electron chi connectivity index (χ2n) is 7.52. The van der Waals surface area contributed by atoms with Gasteiger partial charge in [-0.25, -0.2) is 4.79 Å². The van der Waals surface area contributed by atoms with Crippen molar-refractivity contribution in [1.29, 1.82) is 0 Å². The largest absolute Gasteiger partial charge is 0.493 e. The van der Waals surface area contributed by atoms with Crippen molar-refractivity contribution in [3.05, 3.63) is 62.2 Å². The maximum atomic E-state index is 12.9. The Morgan fingerprint density at radius 1 is 1.23 bits per heavy atom. The third-order valence-corrected chi connectivity index (χ3v) is 7.47. The van der Waals surface area contributed by atoms with Gasteiger partial charge in [0, 0.05) is 18.0 Å². The number of anilines is 1. The van der Waals surface area contributed by atoms with Gasteiger partial charge in [-0.15, -0.1) is 22.7 Å². The molecule has 2 aliphatic heterocycles. The number of benzene rings is 1. The number of rotatable bonds is 4. The summed E-state index contributed by atoms with van der Waals surface area (Å²) in [6, 6.07) is 8.81. The van der Waals surface area contributed by atoms with E-state index in [2.05, 4.69) is 22.6 Å². The summed E-state index contributed by atoms with van der Waals surface area (Å²) in [6.45, 7) is 1.82. The normalized spacial score (nSPS) is 17.9. The van der Waals surface area contributed by atoms with Crippen LogP contribution in [0.1, 0.15) is 42.2 Å². The smallest absolute Gasteiger partial charge is 0.353 e. The fraction of sp³-hybridized carbons (Fsp3) is 0.273. The maximum absolute atomic E-state index is 12.9. The number of hydrogen-bond acceptors (Lipinski definition) is 8. The number of likely N-dealkylation sites (N-methyl/N-ethyl adjacent to an activating group) is 1. The van der Waals surface area contributed by atoms with Crippen LogP contribution in [0.5, 0.6) is 11.5 Å². The van der Waals surface area contributed by atoms with E-state index >= 15 is 0 Å². The van der Waals surface area contributed by atoms with E-state index in [1.54, 1.807) is 35.6 Å². The minimum absolute atomic E-state index is 0.0621. The van der Waals surface area contributed by atoms with Crippen molar-refractivity contribution in [3.63, 3.8) is 0 Å². The molecule has 1 amide bonds. The van der Waals surface area contributed by atoms with Crippen LogP contribution in [0, 0.1) is 0 Å². The van der Waals surface area contributed by atoms with Crippen LogP contribution in [-0.4, -0.2) is 37.5 Å². The predicted octanol–water partition coefficient (Wildman–Crippen LogP) is 3.88. The predicted molar refractivity (Wildman–Crippen MR) is 120 cm³/mol. The maximum Gasteiger partial charge on any atom is 0.353 e. The molecule has 0 radical (unpaired) electrons. The second-order valence-corrected chi connectivity index (χ2v) is 9.58. The number of carbonyl (C=O) groups is 2. The molecule has 160 valence electrons. The van der Waals surface area contributed by atoms with Crippen LogP contribution >= 0.6 is 22.7 Å². The van der Waals surface area contributed by atoms with Gasteiger partial charge in [0.2, 0.25) is 0 Å². The number of methoxy groups -OCH3 is 1. The molecule has 2 aromatic heterocycles. The Morgan fingerprint density at radius 3 is 2.87 bits per heavy atom. The molecule has 7 nitrogen and oxygen atoms in total. The van der Waals surface area contributed by atoms with Crippen molar-refractivity contribution < 1.29 is 19.1 Å². The molecule has 0 aliphatic carbocycles. The van der Waals surface area contributed by atoms with Gasteiger partial charge in [-0.2, -0.15) is 0 Å². The highest BCUT2D eigenvalue weighted by molar-refractivity contribution is 7.16. The number of amides is 1. The molecular weight excluding hydrogens is 434 g/mol. The molecule has 0 saturated carbocycles. The Morgan fingerprint density at radius 2 is 2.10 bits per heavy atom. The van der Waals surface area contributed by atoms with E-state index in [0.29, 0.717) is 16.4 Å². The minimum Gasteiger partial charge on any atom is -0.493 e. The molecule has 0 bridgehead atoms. The summed E-state index contributed by atoms with van der Waals surface area (Å²) in [5.41, 5.74) is 2.75. The Labute approximate surface area is 187 Å². The van der Waals surface area contributed by atoms with Gasteiger partial charge in [0.15, 0.2) is 11.5 Å². The molecule has 1 aromatic carbocycles. The summed E-state index contributed by atoms with van der Waals surface area (Å²) in [5, 5.41) is 9.23. The van der Waals surface area contributed by atoms with Crippen molar-refractivity contribution in [2.75, 3.05) is 26.0 Å². The fourth-order valence-electron chi connectivity index (χ4n) is 3.90. The molecule has 3 aromatic rings. The Bertz CT molecular complexity index is 1160. The highest BCUT2D eigenvalue weighted by Crippen LogP contribution is 2.41. The van der Waals surface area contributed by atoms with Crippen molar-refractivity contribution >= 4 is 39.6 Å². The monoisotopic (exact) mass is 455 g/mol. The molecule has 9 heteroatoms. The van der Waals surface area contributed by atoms with Crippen LogP contribution in [0.3, 0.4) is 0 Å². The Hall–Kier alpha value is -2.88. The highest BCUT2D eigenvalue weighted by atomic mass is 32.1. The van der Waals surface area contributed by atoms with Gasteiger partial charge in [-0.05, 0) is 48.2 Å². The van der Waals surface area contributed by atoms with E-state index in [0.717, 1.165) is 41.2 Å². The fourth-order valence-corrected chi connectivity index (χ4v) is 5.86. The molecule has 5 rings (SSSR count). The highest BCUT2D eigenvalue weighted by Gasteiger charge is 2.33. The molecule has 1 unspecified atom stereocenters. The average Bonchev–Trinajstić information content (AvgIpc) is 3.41. The number of ether oxygens (including phenoxy) is 2. The summed E-state index contributed by atoms with van der Waals surface area (Å²) in [7, 11) is 3.62. The zero-order valence-electron chi connectivity index (χ0n) is 17.1. The molecule has 2 N–H and O–H groups in total. The Balaban J connectivity index is 1.40. The molecule has 4 heterocycles. The number of nitrogens with one attached hydrogen (secondary N) is 2. The second kappa shape index (κ2) is 7.99. The van der Waals surface area contributed by atoms with Crippen molar-refractivity contribution in [2.45, 2.75) is 19.1 Å². The van der Waals surface area contributed by atoms with Crippen LogP contribution in [-0.2, 0) is 13.0 Å². The quantitative estimate of drug-likeness (QED) is 0.459.